The molecule has 1 aromatic rings. The van der Waals surface area contributed by atoms with E-state index in [9.17, 15) is 9.59 Å². The average Bonchev–Trinajstić information content (AvgIpc) is 2.60. The van der Waals surface area contributed by atoms with Crippen LogP contribution in [0.4, 0.5) is 0 Å². The summed E-state index contributed by atoms with van der Waals surface area (Å²) in [5.41, 5.74) is 0. The van der Waals surface area contributed by atoms with Crippen molar-refractivity contribution in [1.29, 1.82) is 0 Å². The Labute approximate surface area is 151 Å². The van der Waals surface area contributed by atoms with Crippen molar-refractivity contribution in [2.75, 3.05) is 0 Å². The van der Waals surface area contributed by atoms with Crippen molar-refractivity contribution in [3.8, 4) is 11.5 Å². The molecule has 1 rings (SSSR count). The highest BCUT2D eigenvalue weighted by atomic mass is 16.6. The van der Waals surface area contributed by atoms with Crippen LogP contribution in [-0.2, 0) is 9.59 Å². The molecule has 0 aromatic heterocycles. The second-order valence-electron chi connectivity index (χ2n) is 6.55. The van der Waals surface area contributed by atoms with Gasteiger partial charge in [0.15, 0.2) is 11.5 Å². The molecule has 1 aromatic carbocycles. The summed E-state index contributed by atoms with van der Waals surface area (Å²) < 4.78 is 10.9. The minimum Gasteiger partial charge on any atom is -0.423 e. The highest BCUT2D eigenvalue weighted by Crippen LogP contribution is 2.28. The van der Waals surface area contributed by atoms with Crippen LogP contribution in [0.3, 0.4) is 0 Å². The van der Waals surface area contributed by atoms with Gasteiger partial charge in [-0.3, -0.25) is 9.59 Å². The van der Waals surface area contributed by atoms with Crippen molar-refractivity contribution in [3.63, 3.8) is 0 Å². The number of carbonyl (C=O) groups excluding carboxylic acids is 2. The van der Waals surface area contributed by atoms with Gasteiger partial charge >= 0.3 is 11.9 Å². The third-order valence-electron chi connectivity index (χ3n) is 4.16. The summed E-state index contributed by atoms with van der Waals surface area (Å²) in [5, 5.41) is 0. The summed E-state index contributed by atoms with van der Waals surface area (Å²) in [6, 6.07) is 6.86. The van der Waals surface area contributed by atoms with Gasteiger partial charge in [-0.15, -0.1) is 0 Å². The predicted molar refractivity (Wildman–Crippen MR) is 99.8 cm³/mol. The first kappa shape index (κ1) is 21.2. The van der Waals surface area contributed by atoms with Gasteiger partial charge in [-0.1, -0.05) is 71.4 Å². The number of hydrogen-bond acceptors (Lipinski definition) is 4. The van der Waals surface area contributed by atoms with Gasteiger partial charge in [0.05, 0.1) is 5.92 Å². The lowest BCUT2D eigenvalue weighted by Gasteiger charge is -2.13. The van der Waals surface area contributed by atoms with Gasteiger partial charge in [0.2, 0.25) is 0 Å². The minimum atomic E-state index is -0.282. The Kier molecular flexibility index (Phi) is 10.6. The first-order valence-electron chi connectivity index (χ1n) is 9.59. The Morgan fingerprint density at radius 3 is 2.12 bits per heavy atom. The van der Waals surface area contributed by atoms with E-state index in [1.165, 1.54) is 0 Å². The third kappa shape index (κ3) is 8.71. The summed E-state index contributed by atoms with van der Waals surface area (Å²) in [7, 11) is 0. The molecule has 0 radical (unpaired) electrons. The first-order chi connectivity index (χ1) is 12.1. The fourth-order valence-electron chi connectivity index (χ4n) is 2.52. The van der Waals surface area contributed by atoms with E-state index < -0.39 is 0 Å². The normalized spacial score (nSPS) is 11.8. The van der Waals surface area contributed by atoms with Crippen molar-refractivity contribution in [2.24, 2.45) is 5.92 Å². The zero-order valence-electron chi connectivity index (χ0n) is 15.9. The average molecular weight is 348 g/mol. The van der Waals surface area contributed by atoms with E-state index in [0.29, 0.717) is 17.9 Å². The Hall–Kier alpha value is -1.84. The fourth-order valence-corrected chi connectivity index (χ4v) is 2.52. The molecule has 4 nitrogen and oxygen atoms in total. The van der Waals surface area contributed by atoms with E-state index in [0.717, 1.165) is 51.4 Å². The standard InChI is InChI=1S/C21H32O4/c1-4-6-8-10-16-20(22)24-18-14-11-12-15-19(18)25-21(23)17(3)13-9-7-5-2/h11-12,14-15,17H,4-10,13,16H2,1-3H3. The molecule has 4 heteroatoms. The molecule has 0 bridgehead atoms. The second kappa shape index (κ2) is 12.5. The van der Waals surface area contributed by atoms with Gasteiger partial charge in [0.1, 0.15) is 0 Å². The van der Waals surface area contributed by atoms with Crippen LogP contribution in [0, 0.1) is 5.92 Å². The molecule has 0 N–H and O–H groups in total. The largest absolute Gasteiger partial charge is 0.423 e. The molecule has 0 aliphatic rings. The molecular formula is C21H32O4. The number of carbonyl (C=O) groups is 2. The number of hydrogen-bond donors (Lipinski definition) is 0. The van der Waals surface area contributed by atoms with Gasteiger partial charge in [0, 0.05) is 6.42 Å². The van der Waals surface area contributed by atoms with Crippen LogP contribution in [0.5, 0.6) is 11.5 Å². The van der Waals surface area contributed by atoms with Gasteiger partial charge in [-0.25, -0.2) is 0 Å². The van der Waals surface area contributed by atoms with Crippen LogP contribution in [0.25, 0.3) is 0 Å². The smallest absolute Gasteiger partial charge is 0.314 e. The summed E-state index contributed by atoms with van der Waals surface area (Å²) >= 11 is 0. The van der Waals surface area contributed by atoms with Crippen LogP contribution >= 0.6 is 0 Å². The first-order valence-corrected chi connectivity index (χ1v) is 9.59. The molecule has 0 fully saturated rings. The van der Waals surface area contributed by atoms with Crippen LogP contribution < -0.4 is 9.47 Å². The van der Waals surface area contributed by atoms with E-state index >= 15 is 0 Å². The summed E-state index contributed by atoms with van der Waals surface area (Å²) in [5.74, 6) is -0.0867. The monoisotopic (exact) mass is 348 g/mol. The van der Waals surface area contributed by atoms with E-state index in [-0.39, 0.29) is 17.9 Å². The molecule has 0 spiro atoms. The van der Waals surface area contributed by atoms with Gasteiger partial charge in [0.25, 0.3) is 0 Å². The van der Waals surface area contributed by atoms with E-state index in [1.54, 1.807) is 24.3 Å². The molecule has 25 heavy (non-hydrogen) atoms. The molecule has 0 heterocycles. The SMILES string of the molecule is CCCCCCC(=O)Oc1ccccc1OC(=O)C(C)CCCCC. The molecule has 1 atom stereocenters. The number of rotatable bonds is 12. The Bertz CT molecular complexity index is 524. The lowest BCUT2D eigenvalue weighted by atomic mass is 10.0. The molecule has 0 aliphatic heterocycles. The second-order valence-corrected chi connectivity index (χ2v) is 6.55. The zero-order valence-corrected chi connectivity index (χ0v) is 15.9. The van der Waals surface area contributed by atoms with Crippen molar-refractivity contribution in [2.45, 2.75) is 78.6 Å². The van der Waals surface area contributed by atoms with Crippen LogP contribution in [0.15, 0.2) is 24.3 Å². The summed E-state index contributed by atoms with van der Waals surface area (Å²) in [4.78, 5) is 24.2. The lowest BCUT2D eigenvalue weighted by Crippen LogP contribution is -2.18. The number of para-hydroxylation sites is 2. The van der Waals surface area contributed by atoms with Crippen LogP contribution in [-0.4, -0.2) is 11.9 Å². The van der Waals surface area contributed by atoms with Gasteiger partial charge < -0.3 is 9.47 Å². The molecule has 0 amide bonds. The molecule has 140 valence electrons. The molecule has 0 saturated carbocycles. The molecule has 1 unspecified atom stereocenters. The highest BCUT2D eigenvalue weighted by Gasteiger charge is 2.18. The quantitative estimate of drug-likeness (QED) is 0.277. The van der Waals surface area contributed by atoms with Crippen molar-refractivity contribution < 1.29 is 19.1 Å². The van der Waals surface area contributed by atoms with Crippen molar-refractivity contribution in [3.05, 3.63) is 24.3 Å². The highest BCUT2D eigenvalue weighted by molar-refractivity contribution is 5.77. The Balaban J connectivity index is 2.55. The van der Waals surface area contributed by atoms with E-state index in [2.05, 4.69) is 13.8 Å². The summed E-state index contributed by atoms with van der Waals surface area (Å²) in [6.07, 6.45) is 8.55. The number of ether oxygens (including phenoxy) is 2. The topological polar surface area (TPSA) is 52.6 Å². The molecular weight excluding hydrogens is 316 g/mol. The maximum atomic E-state index is 12.2. The third-order valence-corrected chi connectivity index (χ3v) is 4.16. The minimum absolute atomic E-state index is 0.163. The molecule has 0 aliphatic carbocycles. The fraction of sp³-hybridized carbons (Fsp3) is 0.619. The predicted octanol–water partition coefficient (Wildman–Crippen LogP) is 5.68. The van der Waals surface area contributed by atoms with E-state index in [4.69, 9.17) is 9.47 Å². The van der Waals surface area contributed by atoms with E-state index in [1.807, 2.05) is 6.92 Å². The van der Waals surface area contributed by atoms with Crippen molar-refractivity contribution >= 4 is 11.9 Å². The molecule has 0 saturated heterocycles. The maximum absolute atomic E-state index is 12.2. The number of unbranched alkanes of at least 4 members (excludes halogenated alkanes) is 5. The number of benzene rings is 1. The Morgan fingerprint density at radius 2 is 1.48 bits per heavy atom. The maximum Gasteiger partial charge on any atom is 0.314 e. The van der Waals surface area contributed by atoms with Gasteiger partial charge in [-0.2, -0.15) is 0 Å². The van der Waals surface area contributed by atoms with Crippen LogP contribution in [0.1, 0.15) is 78.6 Å². The van der Waals surface area contributed by atoms with Crippen LogP contribution in [0.2, 0.25) is 0 Å². The van der Waals surface area contributed by atoms with Gasteiger partial charge in [-0.05, 0) is 25.0 Å². The number of esters is 2. The summed E-state index contributed by atoms with van der Waals surface area (Å²) in [6.45, 7) is 6.14. The zero-order chi connectivity index (χ0) is 18.5. The Morgan fingerprint density at radius 1 is 0.880 bits per heavy atom. The lowest BCUT2D eigenvalue weighted by molar-refractivity contribution is -0.140. The van der Waals surface area contributed by atoms with Crippen molar-refractivity contribution in [1.82, 2.24) is 0 Å².